The maximum Gasteiger partial charge on any atom is 0.103 e. The Morgan fingerprint density at radius 3 is 2.74 bits per heavy atom. The Bertz CT molecular complexity index is 396. The summed E-state index contributed by atoms with van der Waals surface area (Å²) in [6.07, 6.45) is 4.91. The van der Waals surface area contributed by atoms with Crippen molar-refractivity contribution in [3.63, 3.8) is 0 Å². The second-order valence-electron chi connectivity index (χ2n) is 5.37. The first kappa shape index (κ1) is 14.4. The van der Waals surface area contributed by atoms with E-state index in [1.54, 1.807) is 4.68 Å². The van der Waals surface area contributed by atoms with Crippen LogP contribution in [-0.4, -0.2) is 49.1 Å². The molecular weight excluding hydrogens is 246 g/mol. The number of aliphatic hydroxyl groups is 3. The highest BCUT2D eigenvalue weighted by atomic mass is 16.3. The summed E-state index contributed by atoms with van der Waals surface area (Å²) in [4.78, 5) is 0. The van der Waals surface area contributed by atoms with Gasteiger partial charge in [0.1, 0.15) is 6.10 Å². The van der Waals surface area contributed by atoms with Gasteiger partial charge < -0.3 is 15.3 Å². The van der Waals surface area contributed by atoms with E-state index in [2.05, 4.69) is 17.2 Å². The number of hydrogen-bond acceptors (Lipinski definition) is 5. The van der Waals surface area contributed by atoms with E-state index < -0.39 is 12.2 Å². The zero-order valence-corrected chi connectivity index (χ0v) is 11.3. The number of unbranched alkanes of at least 4 members (excludes halogenated alkanes) is 2. The second kappa shape index (κ2) is 6.45. The van der Waals surface area contributed by atoms with Crippen molar-refractivity contribution in [1.29, 1.82) is 0 Å². The fourth-order valence-electron chi connectivity index (χ4n) is 2.69. The van der Waals surface area contributed by atoms with Gasteiger partial charge in [0.2, 0.25) is 0 Å². The molecule has 0 radical (unpaired) electrons. The molecule has 0 unspecified atom stereocenters. The lowest BCUT2D eigenvalue weighted by Crippen LogP contribution is -2.30. The molecule has 0 spiro atoms. The summed E-state index contributed by atoms with van der Waals surface area (Å²) in [5.41, 5.74) is 0.919. The number of nitrogens with zero attached hydrogens (tertiary/aromatic N) is 3. The van der Waals surface area contributed by atoms with Gasteiger partial charge in [-0.1, -0.05) is 25.0 Å². The summed E-state index contributed by atoms with van der Waals surface area (Å²) >= 11 is 0. The van der Waals surface area contributed by atoms with Crippen molar-refractivity contribution in [2.45, 2.75) is 57.3 Å². The maximum absolute atomic E-state index is 9.99. The van der Waals surface area contributed by atoms with Crippen LogP contribution in [0.2, 0.25) is 0 Å². The van der Waals surface area contributed by atoms with Crippen LogP contribution in [0.15, 0.2) is 6.20 Å². The average Bonchev–Trinajstić information content (AvgIpc) is 2.97. The van der Waals surface area contributed by atoms with Gasteiger partial charge in [0.15, 0.2) is 0 Å². The van der Waals surface area contributed by atoms with E-state index in [0.717, 1.165) is 18.5 Å². The molecule has 0 bridgehead atoms. The van der Waals surface area contributed by atoms with Crippen molar-refractivity contribution in [3.05, 3.63) is 11.9 Å². The number of aryl methyl sites for hydroxylation is 1. The maximum atomic E-state index is 9.99. The minimum absolute atomic E-state index is 0.118. The van der Waals surface area contributed by atoms with Crippen LogP contribution >= 0.6 is 0 Å². The molecule has 1 heterocycles. The normalized spacial score (nSPS) is 30.9. The first-order valence-electron chi connectivity index (χ1n) is 7.05. The second-order valence-corrected chi connectivity index (χ2v) is 5.37. The Morgan fingerprint density at radius 1 is 1.32 bits per heavy atom. The van der Waals surface area contributed by atoms with Crippen LogP contribution in [-0.2, 0) is 6.42 Å². The van der Waals surface area contributed by atoms with Crippen LogP contribution in [0.5, 0.6) is 0 Å². The lowest BCUT2D eigenvalue weighted by Gasteiger charge is -2.16. The van der Waals surface area contributed by atoms with Crippen molar-refractivity contribution >= 4 is 0 Å². The standard InChI is InChI=1S/C13H23N3O3/c1-2-3-4-5-10-7-16(15-14-10)11-6-9(8-17)12(18)13(11)19/h7,9,11-13,17-19H,2-6,8H2,1H3/t9-,11-,12-,13+/m1/s1. The first-order chi connectivity index (χ1) is 9.17. The van der Waals surface area contributed by atoms with E-state index in [-0.39, 0.29) is 18.6 Å². The van der Waals surface area contributed by atoms with Gasteiger partial charge in [-0.3, -0.25) is 0 Å². The fourth-order valence-corrected chi connectivity index (χ4v) is 2.69. The van der Waals surface area contributed by atoms with Crippen LogP contribution in [0, 0.1) is 5.92 Å². The Hall–Kier alpha value is -0.980. The Balaban J connectivity index is 1.98. The number of hydrogen-bond donors (Lipinski definition) is 3. The first-order valence-corrected chi connectivity index (χ1v) is 7.05. The monoisotopic (exact) mass is 269 g/mol. The largest absolute Gasteiger partial charge is 0.396 e. The molecule has 1 fully saturated rings. The van der Waals surface area contributed by atoms with Crippen molar-refractivity contribution in [2.24, 2.45) is 5.92 Å². The third-order valence-corrected chi connectivity index (χ3v) is 3.94. The molecule has 3 N–H and O–H groups in total. The van der Waals surface area contributed by atoms with E-state index in [4.69, 9.17) is 5.11 Å². The molecule has 1 aliphatic carbocycles. The predicted octanol–water partition coefficient (Wildman–Crippen LogP) is 0.286. The third-order valence-electron chi connectivity index (χ3n) is 3.94. The summed E-state index contributed by atoms with van der Waals surface area (Å²) < 4.78 is 1.63. The van der Waals surface area contributed by atoms with Gasteiger partial charge in [0.05, 0.1) is 17.8 Å². The van der Waals surface area contributed by atoms with Crippen molar-refractivity contribution in [1.82, 2.24) is 15.0 Å². The molecule has 1 aromatic rings. The number of aliphatic hydroxyl groups excluding tert-OH is 3. The van der Waals surface area contributed by atoms with Crippen LogP contribution in [0.4, 0.5) is 0 Å². The number of rotatable bonds is 6. The van der Waals surface area contributed by atoms with Gasteiger partial charge in [0, 0.05) is 18.7 Å². The molecule has 1 saturated carbocycles. The average molecular weight is 269 g/mol. The molecule has 0 aromatic carbocycles. The van der Waals surface area contributed by atoms with Crippen molar-refractivity contribution in [3.8, 4) is 0 Å². The highest BCUT2D eigenvalue weighted by Gasteiger charge is 2.42. The highest BCUT2D eigenvalue weighted by Crippen LogP contribution is 2.34. The van der Waals surface area contributed by atoms with Crippen LogP contribution in [0.25, 0.3) is 0 Å². The Labute approximate surface area is 113 Å². The van der Waals surface area contributed by atoms with E-state index in [0.29, 0.717) is 6.42 Å². The predicted molar refractivity (Wildman–Crippen MR) is 69.5 cm³/mol. The van der Waals surface area contributed by atoms with Crippen LogP contribution in [0.1, 0.15) is 44.3 Å². The highest BCUT2D eigenvalue weighted by molar-refractivity contribution is 4.99. The molecule has 1 aromatic heterocycles. The zero-order valence-electron chi connectivity index (χ0n) is 11.3. The number of aromatic nitrogens is 3. The minimum atomic E-state index is -0.887. The lowest BCUT2D eigenvalue weighted by molar-refractivity contribution is -0.00554. The van der Waals surface area contributed by atoms with Crippen LogP contribution < -0.4 is 0 Å². The summed E-state index contributed by atoms with van der Waals surface area (Å²) in [6, 6.07) is -0.292. The van der Waals surface area contributed by atoms with Gasteiger partial charge in [-0.2, -0.15) is 0 Å². The minimum Gasteiger partial charge on any atom is -0.396 e. The molecule has 0 amide bonds. The molecule has 0 aliphatic heterocycles. The van der Waals surface area contributed by atoms with E-state index >= 15 is 0 Å². The van der Waals surface area contributed by atoms with Crippen molar-refractivity contribution in [2.75, 3.05) is 6.61 Å². The smallest absolute Gasteiger partial charge is 0.103 e. The Morgan fingerprint density at radius 2 is 2.11 bits per heavy atom. The molecule has 2 rings (SSSR count). The molecule has 108 valence electrons. The van der Waals surface area contributed by atoms with Gasteiger partial charge in [-0.15, -0.1) is 5.10 Å². The summed E-state index contributed by atoms with van der Waals surface area (Å²) in [7, 11) is 0. The summed E-state index contributed by atoms with van der Waals surface area (Å²) in [5, 5.41) is 37.1. The van der Waals surface area contributed by atoms with Crippen LogP contribution in [0.3, 0.4) is 0 Å². The van der Waals surface area contributed by atoms with Gasteiger partial charge in [-0.25, -0.2) is 4.68 Å². The van der Waals surface area contributed by atoms with Crippen molar-refractivity contribution < 1.29 is 15.3 Å². The third kappa shape index (κ3) is 3.13. The molecule has 6 heteroatoms. The summed E-state index contributed by atoms with van der Waals surface area (Å²) in [6.45, 7) is 2.04. The van der Waals surface area contributed by atoms with E-state index in [1.807, 2.05) is 6.20 Å². The molecule has 19 heavy (non-hydrogen) atoms. The molecule has 4 atom stereocenters. The molecule has 0 saturated heterocycles. The fraction of sp³-hybridized carbons (Fsp3) is 0.846. The Kier molecular flexibility index (Phi) is 4.90. The quantitative estimate of drug-likeness (QED) is 0.645. The van der Waals surface area contributed by atoms with Gasteiger partial charge >= 0.3 is 0 Å². The molecule has 6 nitrogen and oxygen atoms in total. The molecule has 1 aliphatic rings. The van der Waals surface area contributed by atoms with E-state index in [9.17, 15) is 10.2 Å². The van der Waals surface area contributed by atoms with E-state index in [1.165, 1.54) is 12.8 Å². The SMILES string of the molecule is CCCCCc1cn([C@@H]2C[C@H](CO)[C@@H](O)[C@H]2O)nn1. The lowest BCUT2D eigenvalue weighted by atomic mass is 10.1. The topological polar surface area (TPSA) is 91.4 Å². The zero-order chi connectivity index (χ0) is 13.8. The van der Waals surface area contributed by atoms with Gasteiger partial charge in [-0.05, 0) is 19.3 Å². The summed E-state index contributed by atoms with van der Waals surface area (Å²) in [5.74, 6) is -0.284. The molecular formula is C13H23N3O3. The van der Waals surface area contributed by atoms with Gasteiger partial charge in [0.25, 0.3) is 0 Å².